The smallest absolute Gasteiger partial charge is 0.328 e. The largest absolute Gasteiger partial charge is 0.467 e. The molecule has 0 aromatic carbocycles. The van der Waals surface area contributed by atoms with Gasteiger partial charge in [0.1, 0.15) is 6.04 Å². The predicted octanol–water partition coefficient (Wildman–Crippen LogP) is 0.524. The Morgan fingerprint density at radius 2 is 1.90 bits per heavy atom. The Morgan fingerprint density at radius 1 is 1.24 bits per heavy atom. The van der Waals surface area contributed by atoms with Crippen molar-refractivity contribution in [3.05, 3.63) is 0 Å². The minimum absolute atomic E-state index is 0.0156. The fraction of sp³-hybridized carbons (Fsp3) is 0.786. The zero-order chi connectivity index (χ0) is 16.3. The predicted molar refractivity (Wildman–Crippen MR) is 82.5 cm³/mol. The highest BCUT2D eigenvalue weighted by Crippen LogP contribution is 2.09. The van der Waals surface area contributed by atoms with Gasteiger partial charge in [0.25, 0.3) is 0 Å². The second-order valence-corrected chi connectivity index (χ2v) is 5.08. The van der Waals surface area contributed by atoms with E-state index >= 15 is 0 Å². The highest BCUT2D eigenvalue weighted by Gasteiger charge is 2.23. The van der Waals surface area contributed by atoms with Gasteiger partial charge in [0.05, 0.1) is 7.11 Å². The van der Waals surface area contributed by atoms with Crippen LogP contribution < -0.4 is 16.8 Å². The summed E-state index contributed by atoms with van der Waals surface area (Å²) in [6.45, 7) is 4.35. The first kappa shape index (κ1) is 19.2. The molecule has 0 bridgehead atoms. The first-order valence-corrected chi connectivity index (χ1v) is 7.35. The van der Waals surface area contributed by atoms with E-state index in [1.807, 2.05) is 6.92 Å². The maximum Gasteiger partial charge on any atom is 0.328 e. The highest BCUT2D eigenvalue weighted by molar-refractivity contribution is 5.85. The summed E-state index contributed by atoms with van der Waals surface area (Å²) in [5.41, 5.74) is 10.5. The molecule has 0 saturated heterocycles. The van der Waals surface area contributed by atoms with Crippen LogP contribution in [0.15, 0.2) is 4.99 Å². The van der Waals surface area contributed by atoms with Crippen molar-refractivity contribution >= 4 is 17.8 Å². The van der Waals surface area contributed by atoms with Gasteiger partial charge < -0.3 is 21.5 Å². The maximum absolute atomic E-state index is 12.0. The van der Waals surface area contributed by atoms with Gasteiger partial charge in [-0.05, 0) is 19.3 Å². The van der Waals surface area contributed by atoms with E-state index in [1.165, 1.54) is 7.11 Å². The Labute approximate surface area is 126 Å². The van der Waals surface area contributed by atoms with E-state index in [4.69, 9.17) is 16.2 Å². The lowest BCUT2D eigenvalue weighted by Crippen LogP contribution is -2.43. The van der Waals surface area contributed by atoms with Crippen LogP contribution in [-0.4, -0.2) is 37.5 Å². The molecular weight excluding hydrogens is 272 g/mol. The molecule has 2 unspecified atom stereocenters. The van der Waals surface area contributed by atoms with Gasteiger partial charge in [-0.3, -0.25) is 9.79 Å². The molecule has 0 saturated carbocycles. The summed E-state index contributed by atoms with van der Waals surface area (Å²) < 4.78 is 4.71. The normalized spacial score (nSPS) is 13.1. The zero-order valence-corrected chi connectivity index (χ0v) is 13.2. The van der Waals surface area contributed by atoms with Crippen molar-refractivity contribution in [1.82, 2.24) is 5.32 Å². The summed E-state index contributed by atoms with van der Waals surface area (Å²) in [5.74, 6) is -0.673. The number of ether oxygens (including phenoxy) is 1. The van der Waals surface area contributed by atoms with Crippen molar-refractivity contribution in [1.29, 1.82) is 0 Å². The van der Waals surface area contributed by atoms with Crippen LogP contribution in [0.25, 0.3) is 0 Å². The minimum atomic E-state index is -0.652. The summed E-state index contributed by atoms with van der Waals surface area (Å²) in [6, 6.07) is -0.652. The lowest BCUT2D eigenvalue weighted by molar-refractivity contribution is -0.145. The lowest BCUT2D eigenvalue weighted by Gasteiger charge is -2.19. The van der Waals surface area contributed by atoms with Crippen molar-refractivity contribution in [3.8, 4) is 0 Å². The second-order valence-electron chi connectivity index (χ2n) is 5.08. The number of carbonyl (C=O) groups is 2. The number of hydrogen-bond acceptors (Lipinski definition) is 4. The monoisotopic (exact) mass is 300 g/mol. The van der Waals surface area contributed by atoms with E-state index in [0.29, 0.717) is 19.4 Å². The Balaban J connectivity index is 4.38. The molecule has 0 aliphatic rings. The summed E-state index contributed by atoms with van der Waals surface area (Å²) in [4.78, 5) is 27.6. The fourth-order valence-electron chi connectivity index (χ4n) is 1.85. The molecule has 0 spiro atoms. The summed E-state index contributed by atoms with van der Waals surface area (Å²) in [5, 5.41) is 2.74. The third kappa shape index (κ3) is 8.88. The van der Waals surface area contributed by atoms with Gasteiger partial charge in [-0.15, -0.1) is 0 Å². The number of amides is 1. The number of guanidine groups is 1. The number of aliphatic imine (C=N–C) groups is 1. The summed E-state index contributed by atoms with van der Waals surface area (Å²) >= 11 is 0. The second kappa shape index (κ2) is 10.9. The van der Waals surface area contributed by atoms with Crippen molar-refractivity contribution in [2.24, 2.45) is 22.4 Å². The molecule has 7 nitrogen and oxygen atoms in total. The maximum atomic E-state index is 12.0. The number of esters is 1. The summed E-state index contributed by atoms with van der Waals surface area (Å²) in [7, 11) is 1.30. The number of nitrogens with zero attached hydrogens (tertiary/aromatic N) is 1. The molecule has 5 N–H and O–H groups in total. The van der Waals surface area contributed by atoms with Gasteiger partial charge in [0.2, 0.25) is 5.91 Å². The molecular formula is C14H28N4O3. The van der Waals surface area contributed by atoms with Crippen molar-refractivity contribution in [2.45, 2.75) is 52.0 Å². The quantitative estimate of drug-likeness (QED) is 0.235. The molecule has 0 aliphatic heterocycles. The molecule has 21 heavy (non-hydrogen) atoms. The van der Waals surface area contributed by atoms with Gasteiger partial charge in [-0.25, -0.2) is 4.79 Å². The minimum Gasteiger partial charge on any atom is -0.467 e. The van der Waals surface area contributed by atoms with E-state index in [0.717, 1.165) is 19.3 Å². The molecule has 122 valence electrons. The average Bonchev–Trinajstić information content (AvgIpc) is 2.46. The molecule has 2 atom stereocenters. The van der Waals surface area contributed by atoms with Crippen LogP contribution in [-0.2, 0) is 14.3 Å². The van der Waals surface area contributed by atoms with Crippen LogP contribution in [0.4, 0.5) is 0 Å². The van der Waals surface area contributed by atoms with Crippen LogP contribution in [0.1, 0.15) is 46.0 Å². The average molecular weight is 300 g/mol. The van der Waals surface area contributed by atoms with E-state index in [2.05, 4.69) is 17.2 Å². The molecule has 1 amide bonds. The van der Waals surface area contributed by atoms with E-state index in [-0.39, 0.29) is 17.8 Å². The van der Waals surface area contributed by atoms with Gasteiger partial charge in [0.15, 0.2) is 5.96 Å². The first-order chi connectivity index (χ1) is 9.92. The molecule has 0 aliphatic carbocycles. The Morgan fingerprint density at radius 3 is 2.43 bits per heavy atom. The van der Waals surface area contributed by atoms with Gasteiger partial charge >= 0.3 is 5.97 Å². The third-order valence-corrected chi connectivity index (χ3v) is 3.19. The van der Waals surface area contributed by atoms with Crippen LogP contribution in [0.2, 0.25) is 0 Å². The number of nitrogens with two attached hydrogens (primary N) is 2. The molecule has 0 radical (unpaired) electrons. The van der Waals surface area contributed by atoms with Gasteiger partial charge in [-0.1, -0.05) is 26.7 Å². The molecule has 0 aromatic heterocycles. The number of nitrogens with one attached hydrogen (secondary N) is 1. The number of carbonyl (C=O) groups excluding carboxylic acids is 2. The van der Waals surface area contributed by atoms with Crippen molar-refractivity contribution in [3.63, 3.8) is 0 Å². The molecule has 0 rings (SSSR count). The van der Waals surface area contributed by atoms with Crippen LogP contribution in [0, 0.1) is 5.92 Å². The Kier molecular flexibility index (Phi) is 10.0. The van der Waals surface area contributed by atoms with Crippen molar-refractivity contribution in [2.75, 3.05) is 13.7 Å². The molecule has 0 fully saturated rings. The number of methoxy groups -OCH3 is 1. The molecule has 0 aromatic rings. The van der Waals surface area contributed by atoms with Crippen LogP contribution in [0.5, 0.6) is 0 Å². The fourth-order valence-corrected chi connectivity index (χ4v) is 1.85. The molecule has 7 heteroatoms. The first-order valence-electron chi connectivity index (χ1n) is 7.35. The van der Waals surface area contributed by atoms with E-state index in [9.17, 15) is 9.59 Å². The highest BCUT2D eigenvalue weighted by atomic mass is 16.5. The Hall–Kier alpha value is -1.79. The van der Waals surface area contributed by atoms with Crippen LogP contribution in [0.3, 0.4) is 0 Å². The van der Waals surface area contributed by atoms with E-state index < -0.39 is 12.0 Å². The number of rotatable bonds is 10. The number of unbranched alkanes of at least 4 members (excludes halogenated alkanes) is 1. The lowest BCUT2D eigenvalue weighted by atomic mass is 10.0. The SMILES string of the molecule is CCCCC(C)C(=O)NC(CCCN=C(N)N)C(=O)OC. The molecule has 0 heterocycles. The van der Waals surface area contributed by atoms with Crippen LogP contribution >= 0.6 is 0 Å². The topological polar surface area (TPSA) is 120 Å². The Bertz CT molecular complexity index is 354. The van der Waals surface area contributed by atoms with Gasteiger partial charge in [0, 0.05) is 12.5 Å². The summed E-state index contributed by atoms with van der Waals surface area (Å²) in [6.07, 6.45) is 3.86. The number of hydrogen-bond donors (Lipinski definition) is 3. The zero-order valence-electron chi connectivity index (χ0n) is 13.2. The van der Waals surface area contributed by atoms with E-state index in [1.54, 1.807) is 0 Å². The van der Waals surface area contributed by atoms with Crippen molar-refractivity contribution < 1.29 is 14.3 Å². The third-order valence-electron chi connectivity index (χ3n) is 3.19. The van der Waals surface area contributed by atoms with Gasteiger partial charge in [-0.2, -0.15) is 0 Å². The standard InChI is InChI=1S/C14H28N4O3/c1-4-5-7-10(2)12(19)18-11(13(20)21-3)8-6-9-17-14(15)16/h10-11H,4-9H2,1-3H3,(H,18,19)(H4,15,16,17).